The van der Waals surface area contributed by atoms with Gasteiger partial charge in [-0.15, -0.1) is 24.9 Å². The van der Waals surface area contributed by atoms with Crippen LogP contribution in [0.1, 0.15) is 25.3 Å². The molecule has 2 fully saturated rings. The molecule has 4 rings (SSSR count). The SMILES string of the molecule is CC1=C(c2ccccc2)C2CCC([Si](C)(C)N3CC[N-]CC3)C2S1.[CH3-].[Cl][Ti][Cl]. The molecule has 3 atom stereocenters. The molecular formula is C21H32Cl2N2SSiTi-2. The van der Waals surface area contributed by atoms with E-state index in [9.17, 15) is 0 Å². The molecule has 7 heteroatoms. The van der Waals surface area contributed by atoms with Crippen LogP contribution >= 0.6 is 30.4 Å². The van der Waals surface area contributed by atoms with Gasteiger partial charge in [-0.1, -0.05) is 43.4 Å². The number of halogens is 2. The predicted molar refractivity (Wildman–Crippen MR) is 127 cm³/mol. The molecule has 1 aromatic rings. The molecule has 2 heterocycles. The zero-order valence-electron chi connectivity index (χ0n) is 17.4. The van der Waals surface area contributed by atoms with E-state index >= 15 is 0 Å². The monoisotopic (exact) mass is 490 g/mol. The molecule has 0 N–H and O–H groups in total. The van der Waals surface area contributed by atoms with Crippen LogP contribution in [0.25, 0.3) is 10.9 Å². The molecule has 1 saturated heterocycles. The van der Waals surface area contributed by atoms with Crippen LogP contribution in [0, 0.1) is 13.3 Å². The van der Waals surface area contributed by atoms with Crippen molar-refractivity contribution in [1.29, 1.82) is 0 Å². The first-order chi connectivity index (χ1) is 13.0. The standard InChI is InChI=1S/C20H29N2SSi.CH3.2ClH.Ti/c1-15-19(16-7-5-4-6-8-16)17-9-10-18(20(17)23-15)24(2,3)22-13-11-21-12-14-22;;;;/h4-8,17-18,20H,9-14H2,1-3H3;1H3;2*1H;/q2*-1;;;+2/p-2. The van der Waals surface area contributed by atoms with Crippen molar-refractivity contribution in [3.05, 3.63) is 53.5 Å². The fourth-order valence-corrected chi connectivity index (χ4v) is 11.7. The van der Waals surface area contributed by atoms with Crippen molar-refractivity contribution < 1.29 is 17.0 Å². The molecule has 2 aliphatic heterocycles. The third kappa shape index (κ3) is 5.31. The van der Waals surface area contributed by atoms with Gasteiger partial charge in [-0.05, 0) is 60.4 Å². The predicted octanol–water partition coefficient (Wildman–Crippen LogP) is 7.03. The Morgan fingerprint density at radius 2 is 1.71 bits per heavy atom. The second-order valence-electron chi connectivity index (χ2n) is 8.09. The Hall–Kier alpha value is 0.741. The summed E-state index contributed by atoms with van der Waals surface area (Å²) >= 11 is 1.65. The minimum atomic E-state index is -1.39. The first kappa shape index (κ1) is 25.0. The van der Waals surface area contributed by atoms with Gasteiger partial charge in [-0.25, -0.2) is 0 Å². The van der Waals surface area contributed by atoms with Crippen LogP contribution in [0.5, 0.6) is 0 Å². The second-order valence-corrected chi connectivity index (χ2v) is 16.7. The van der Waals surface area contributed by atoms with Gasteiger partial charge in [0.25, 0.3) is 0 Å². The van der Waals surface area contributed by atoms with Gasteiger partial charge in [0.2, 0.25) is 0 Å². The van der Waals surface area contributed by atoms with Crippen molar-refractivity contribution in [2.75, 3.05) is 26.2 Å². The third-order valence-electron chi connectivity index (χ3n) is 6.51. The number of thioether (sulfide) groups is 1. The normalized spacial score (nSPS) is 27.5. The Kier molecular flexibility index (Phi) is 10.2. The number of hydrogen-bond donors (Lipinski definition) is 0. The Balaban J connectivity index is 0.000000660. The molecule has 156 valence electrons. The number of nitrogens with zero attached hydrogens (tertiary/aromatic N) is 2. The van der Waals surface area contributed by atoms with Crippen LogP contribution in [0.4, 0.5) is 0 Å². The van der Waals surface area contributed by atoms with Crippen molar-refractivity contribution in [3.8, 4) is 0 Å². The molecule has 1 aliphatic carbocycles. The molecule has 1 saturated carbocycles. The third-order valence-corrected chi connectivity index (χ3v) is 12.8. The maximum absolute atomic E-state index is 4.89. The first-order valence-corrected chi connectivity index (χ1v) is 18.0. The average molecular weight is 491 g/mol. The summed E-state index contributed by atoms with van der Waals surface area (Å²) in [6.07, 6.45) is 2.82. The molecule has 0 aromatic heterocycles. The molecule has 0 bridgehead atoms. The maximum atomic E-state index is 4.89. The van der Waals surface area contributed by atoms with Gasteiger partial charge in [0.05, 0.1) is 0 Å². The number of piperazine rings is 1. The van der Waals surface area contributed by atoms with Crippen LogP contribution in [0.2, 0.25) is 18.6 Å². The molecule has 1 aromatic carbocycles. The minimum absolute atomic E-state index is 0. The van der Waals surface area contributed by atoms with Crippen LogP contribution in [-0.4, -0.2) is 44.2 Å². The van der Waals surface area contributed by atoms with Crippen LogP contribution in [0.15, 0.2) is 35.2 Å². The number of fused-ring (bicyclic) bond motifs is 1. The van der Waals surface area contributed by atoms with Crippen molar-refractivity contribution >= 4 is 44.2 Å². The summed E-state index contributed by atoms with van der Waals surface area (Å²) in [5.41, 5.74) is 4.04. The molecule has 3 unspecified atom stereocenters. The zero-order chi connectivity index (χ0) is 19.4. The van der Waals surface area contributed by atoms with E-state index in [0.717, 1.165) is 29.8 Å². The molecule has 0 radical (unpaired) electrons. The molecule has 0 spiro atoms. The molecule has 28 heavy (non-hydrogen) atoms. The van der Waals surface area contributed by atoms with Crippen LogP contribution in [-0.2, 0) is 17.0 Å². The fraction of sp³-hybridized carbons (Fsp3) is 0.571. The Morgan fingerprint density at radius 3 is 2.32 bits per heavy atom. The van der Waals surface area contributed by atoms with Crippen LogP contribution < -0.4 is 0 Å². The van der Waals surface area contributed by atoms with E-state index < -0.39 is 25.3 Å². The molecule has 2 nitrogen and oxygen atoms in total. The molecule has 0 amide bonds. The van der Waals surface area contributed by atoms with Gasteiger partial charge >= 0.3 is 35.6 Å². The van der Waals surface area contributed by atoms with Crippen LogP contribution in [0.3, 0.4) is 0 Å². The Labute approximate surface area is 194 Å². The second kappa shape index (κ2) is 11.4. The van der Waals surface area contributed by atoms with E-state index in [0.29, 0.717) is 0 Å². The van der Waals surface area contributed by atoms with E-state index in [4.69, 9.17) is 18.6 Å². The van der Waals surface area contributed by atoms with Gasteiger partial charge in [-0.2, -0.15) is 0 Å². The average Bonchev–Trinajstić information content (AvgIpc) is 3.21. The fourth-order valence-electron chi connectivity index (χ4n) is 5.18. The van der Waals surface area contributed by atoms with Gasteiger partial charge in [0, 0.05) is 5.25 Å². The summed E-state index contributed by atoms with van der Waals surface area (Å²) < 4.78 is 2.85. The van der Waals surface area contributed by atoms with Gasteiger partial charge in [0.15, 0.2) is 0 Å². The van der Waals surface area contributed by atoms with E-state index in [2.05, 4.69) is 72.0 Å². The molecule has 3 aliphatic rings. The van der Waals surface area contributed by atoms with Gasteiger partial charge in [0.1, 0.15) is 8.24 Å². The van der Waals surface area contributed by atoms with E-state index in [1.807, 2.05) is 0 Å². The van der Waals surface area contributed by atoms with E-state index in [1.165, 1.54) is 31.5 Å². The summed E-state index contributed by atoms with van der Waals surface area (Å²) in [5, 5.41) is 5.38. The Morgan fingerprint density at radius 1 is 1.11 bits per heavy atom. The Bertz CT molecular complexity index is 653. The summed E-state index contributed by atoms with van der Waals surface area (Å²) in [6, 6.07) is 11.1. The van der Waals surface area contributed by atoms with Crippen molar-refractivity contribution in [2.24, 2.45) is 5.92 Å². The summed E-state index contributed by atoms with van der Waals surface area (Å²) in [6.45, 7) is 12.1. The van der Waals surface area contributed by atoms with Crippen molar-refractivity contribution in [2.45, 2.75) is 43.7 Å². The number of rotatable bonds is 3. The summed E-state index contributed by atoms with van der Waals surface area (Å²) in [4.78, 5) is 1.58. The molecular weight excluding hydrogens is 459 g/mol. The quantitative estimate of drug-likeness (QED) is 0.334. The summed E-state index contributed by atoms with van der Waals surface area (Å²) in [7, 11) is 8.39. The van der Waals surface area contributed by atoms with Crippen molar-refractivity contribution in [1.82, 2.24) is 4.57 Å². The zero-order valence-corrected chi connectivity index (χ0v) is 22.3. The summed E-state index contributed by atoms with van der Waals surface area (Å²) in [5.74, 6) is 0.781. The van der Waals surface area contributed by atoms with E-state index in [-0.39, 0.29) is 7.43 Å². The number of allylic oxidation sites excluding steroid dienone is 2. The van der Waals surface area contributed by atoms with E-state index in [1.54, 1.807) is 10.5 Å². The number of hydrogen-bond acceptors (Lipinski definition) is 2. The van der Waals surface area contributed by atoms with Gasteiger partial charge in [-0.3, -0.25) is 0 Å². The first-order valence-electron chi connectivity index (χ1n) is 9.78. The van der Waals surface area contributed by atoms with Gasteiger partial charge < -0.3 is 17.3 Å². The van der Waals surface area contributed by atoms with Crippen molar-refractivity contribution in [3.63, 3.8) is 0 Å². The number of benzene rings is 1. The topological polar surface area (TPSA) is 17.3 Å².